The summed E-state index contributed by atoms with van der Waals surface area (Å²) in [5, 5.41) is 6.19. The Hall–Kier alpha value is -4.07. The topological polar surface area (TPSA) is 81.7 Å². The third-order valence-corrected chi connectivity index (χ3v) is 15.3. The highest BCUT2D eigenvalue weighted by atomic mass is 16.6. The summed E-state index contributed by atoms with van der Waals surface area (Å²) in [5.74, 6) is 3.88. The van der Waals surface area contributed by atoms with E-state index in [4.69, 9.17) is 33.2 Å². The molecule has 0 bridgehead atoms. The van der Waals surface area contributed by atoms with Crippen molar-refractivity contribution < 1.29 is 38.0 Å². The van der Waals surface area contributed by atoms with Crippen LogP contribution in [0.3, 0.4) is 0 Å². The summed E-state index contributed by atoms with van der Waals surface area (Å²) < 4.78 is 46.0. The van der Waals surface area contributed by atoms with Crippen LogP contribution in [0.5, 0.6) is 34.5 Å². The van der Waals surface area contributed by atoms with E-state index in [-0.39, 0.29) is 12.6 Å². The van der Waals surface area contributed by atoms with Crippen molar-refractivity contribution in [1.82, 2.24) is 0 Å². The number of benzene rings is 4. The van der Waals surface area contributed by atoms with E-state index in [9.17, 15) is 4.79 Å². The van der Waals surface area contributed by atoms with Crippen LogP contribution in [0.4, 0.5) is 0 Å². The second kappa shape index (κ2) is 42.8. The monoisotopic (exact) mass is 1070 g/mol. The molecule has 0 spiro atoms. The third kappa shape index (κ3) is 26.2. The van der Waals surface area contributed by atoms with Gasteiger partial charge in [0.1, 0.15) is 0 Å². The van der Waals surface area contributed by atoms with E-state index in [1.807, 2.05) is 0 Å². The van der Waals surface area contributed by atoms with E-state index in [0.717, 1.165) is 132 Å². The summed E-state index contributed by atoms with van der Waals surface area (Å²) in [5.41, 5.74) is 0. The van der Waals surface area contributed by atoms with Crippen molar-refractivity contribution in [2.24, 2.45) is 0 Å². The maximum atomic E-state index is 13.1. The zero-order chi connectivity index (χ0) is 54.8. The summed E-state index contributed by atoms with van der Waals surface area (Å²) >= 11 is 0. The van der Waals surface area contributed by atoms with Crippen LogP contribution in [0.2, 0.25) is 0 Å². The van der Waals surface area contributed by atoms with Gasteiger partial charge in [-0.3, -0.25) is 0 Å². The zero-order valence-electron chi connectivity index (χ0n) is 50.3. The molecular weight excluding hydrogens is 957 g/mol. The molecule has 0 atom stereocenters. The highest BCUT2D eigenvalue weighted by molar-refractivity contribution is 6.26. The fourth-order valence-corrected chi connectivity index (χ4v) is 10.4. The van der Waals surface area contributed by atoms with Crippen LogP contribution in [0.15, 0.2) is 36.4 Å². The molecule has 0 fully saturated rings. The Labute approximate surface area is 470 Å². The SMILES string of the molecule is CCCCCCCCCOc1cc2c3cc(OCCCCCCCCC)c(OCCCCCCCCC)cc3c3cc(OCC(=O)OCCCC)c(OCCCCCCCCC)cc3c2cc1OCCCCCCCCC. The van der Waals surface area contributed by atoms with Gasteiger partial charge in [0.2, 0.25) is 0 Å². The Morgan fingerprint density at radius 2 is 0.442 bits per heavy atom. The number of hydrogen-bond donors (Lipinski definition) is 0. The Morgan fingerprint density at radius 3 is 0.662 bits per heavy atom. The molecule has 0 saturated carbocycles. The Kier molecular flexibility index (Phi) is 36.4. The molecule has 0 unspecified atom stereocenters. The average Bonchev–Trinajstić information content (AvgIpc) is 3.45. The predicted molar refractivity (Wildman–Crippen MR) is 328 cm³/mol. The number of fused-ring (bicyclic) bond motifs is 6. The molecule has 436 valence electrons. The lowest BCUT2D eigenvalue weighted by atomic mass is 9.93. The first-order chi connectivity index (χ1) is 38.0. The fourth-order valence-electron chi connectivity index (χ4n) is 10.4. The van der Waals surface area contributed by atoms with Crippen LogP contribution in [-0.4, -0.2) is 52.2 Å². The molecule has 4 aromatic carbocycles. The number of hydrogen-bond acceptors (Lipinski definition) is 8. The lowest BCUT2D eigenvalue weighted by Gasteiger charge is -2.21. The van der Waals surface area contributed by atoms with Crippen LogP contribution in [0.25, 0.3) is 32.3 Å². The largest absolute Gasteiger partial charge is 0.490 e. The van der Waals surface area contributed by atoms with Crippen molar-refractivity contribution in [1.29, 1.82) is 0 Å². The van der Waals surface area contributed by atoms with Crippen molar-refractivity contribution in [3.8, 4) is 34.5 Å². The molecule has 8 heteroatoms. The highest BCUT2D eigenvalue weighted by Gasteiger charge is 2.21. The average molecular weight is 1070 g/mol. The van der Waals surface area contributed by atoms with Crippen LogP contribution < -0.4 is 28.4 Å². The molecule has 77 heavy (non-hydrogen) atoms. The second-order valence-electron chi connectivity index (χ2n) is 22.2. The van der Waals surface area contributed by atoms with Crippen molar-refractivity contribution in [2.75, 3.05) is 46.2 Å². The van der Waals surface area contributed by atoms with Gasteiger partial charge in [0, 0.05) is 0 Å². The summed E-state index contributed by atoms with van der Waals surface area (Å²) in [6, 6.07) is 13.1. The molecule has 0 aliphatic carbocycles. The summed E-state index contributed by atoms with van der Waals surface area (Å²) in [6.45, 7) is 16.7. The molecule has 0 N–H and O–H groups in total. The van der Waals surface area contributed by atoms with Gasteiger partial charge in [0.15, 0.2) is 41.1 Å². The van der Waals surface area contributed by atoms with Crippen LogP contribution in [0, 0.1) is 0 Å². The van der Waals surface area contributed by atoms with Gasteiger partial charge < -0.3 is 33.2 Å². The Morgan fingerprint density at radius 1 is 0.247 bits per heavy atom. The minimum absolute atomic E-state index is 0.200. The van der Waals surface area contributed by atoms with Gasteiger partial charge in [0.05, 0.1) is 39.6 Å². The van der Waals surface area contributed by atoms with Crippen LogP contribution >= 0.6 is 0 Å². The first-order valence-electron chi connectivity index (χ1n) is 32.5. The van der Waals surface area contributed by atoms with Crippen molar-refractivity contribution in [2.45, 2.75) is 279 Å². The number of carbonyl (C=O) groups is 1. The van der Waals surface area contributed by atoms with Gasteiger partial charge in [-0.25, -0.2) is 4.79 Å². The van der Waals surface area contributed by atoms with Gasteiger partial charge >= 0.3 is 5.97 Å². The van der Waals surface area contributed by atoms with E-state index >= 15 is 0 Å². The minimum Gasteiger partial charge on any atom is -0.490 e. The van der Waals surface area contributed by atoms with E-state index in [1.54, 1.807) is 0 Å². The highest BCUT2D eigenvalue weighted by Crippen LogP contribution is 2.47. The fraction of sp³-hybridized carbons (Fsp3) is 0.725. The molecule has 4 rings (SSSR count). The number of rotatable bonds is 51. The lowest BCUT2D eigenvalue weighted by molar-refractivity contribution is -0.146. The second-order valence-corrected chi connectivity index (χ2v) is 22.2. The molecule has 0 aliphatic rings. The van der Waals surface area contributed by atoms with Gasteiger partial charge in [-0.15, -0.1) is 0 Å². The number of esters is 1. The predicted octanol–water partition coefficient (Wildman–Crippen LogP) is 21.5. The molecule has 0 amide bonds. The smallest absolute Gasteiger partial charge is 0.344 e. The summed E-state index contributed by atoms with van der Waals surface area (Å²) in [4.78, 5) is 13.1. The van der Waals surface area contributed by atoms with Gasteiger partial charge in [-0.05, 0) is 107 Å². The Bertz CT molecular complexity index is 2070. The minimum atomic E-state index is -0.379. The van der Waals surface area contributed by atoms with E-state index in [0.29, 0.717) is 51.1 Å². The number of carbonyl (C=O) groups excluding carboxylic acids is 1. The summed E-state index contributed by atoms with van der Waals surface area (Å²) in [7, 11) is 0. The van der Waals surface area contributed by atoms with E-state index in [1.165, 1.54) is 161 Å². The Balaban J connectivity index is 1.87. The molecule has 8 nitrogen and oxygen atoms in total. The first-order valence-corrected chi connectivity index (χ1v) is 32.5. The molecule has 0 aliphatic heterocycles. The van der Waals surface area contributed by atoms with Crippen molar-refractivity contribution in [3.63, 3.8) is 0 Å². The standard InChI is InChI=1S/C69H112O8/c1-7-13-19-24-29-34-39-45-71-63-50-57-58-51-64(72-46-40-35-30-25-20-14-8-2)66(74-48-42-37-32-27-22-16-10-4)53-60(58)62-55-68(77-56-69(70)76-44-18-12-6)67(75-49-43-38-33-28-23-17-11-5)54-61(62)59(57)52-65(63)73-47-41-36-31-26-21-15-9-3/h50-55H,7-49,56H2,1-6H3. The van der Waals surface area contributed by atoms with Crippen molar-refractivity contribution in [3.05, 3.63) is 36.4 Å². The molecule has 0 aromatic heterocycles. The van der Waals surface area contributed by atoms with E-state index < -0.39 is 0 Å². The molecular formula is C69H112O8. The third-order valence-electron chi connectivity index (χ3n) is 15.3. The summed E-state index contributed by atoms with van der Waals surface area (Å²) in [6.07, 6.45) is 44.2. The number of unbranched alkanes of at least 4 members (excludes halogenated alkanes) is 31. The lowest BCUT2D eigenvalue weighted by Crippen LogP contribution is -2.16. The quantitative estimate of drug-likeness (QED) is 0.0246. The maximum Gasteiger partial charge on any atom is 0.344 e. The number of ether oxygens (including phenoxy) is 7. The zero-order valence-corrected chi connectivity index (χ0v) is 50.3. The van der Waals surface area contributed by atoms with Gasteiger partial charge in [0.25, 0.3) is 0 Å². The molecule has 0 radical (unpaired) electrons. The van der Waals surface area contributed by atoms with Gasteiger partial charge in [-0.2, -0.15) is 0 Å². The van der Waals surface area contributed by atoms with Crippen LogP contribution in [-0.2, 0) is 9.53 Å². The van der Waals surface area contributed by atoms with Gasteiger partial charge in [-0.1, -0.05) is 241 Å². The maximum absolute atomic E-state index is 13.1. The normalized spacial score (nSPS) is 11.5. The van der Waals surface area contributed by atoms with Crippen molar-refractivity contribution >= 4 is 38.3 Å². The van der Waals surface area contributed by atoms with Crippen LogP contribution in [0.1, 0.15) is 279 Å². The molecule has 0 saturated heterocycles. The first kappa shape index (κ1) is 65.4. The molecule has 0 heterocycles. The molecule has 4 aromatic rings. The van der Waals surface area contributed by atoms with E-state index in [2.05, 4.69) is 77.9 Å².